The van der Waals surface area contributed by atoms with Crippen LogP contribution in [-0.2, 0) is 6.42 Å². The summed E-state index contributed by atoms with van der Waals surface area (Å²) in [5.74, 6) is 0.910. The molecule has 0 unspecified atom stereocenters. The van der Waals surface area contributed by atoms with Crippen LogP contribution in [0.2, 0.25) is 0 Å². The Balaban J connectivity index is 1.45. The molecule has 2 heterocycles. The predicted molar refractivity (Wildman–Crippen MR) is 108 cm³/mol. The second-order valence-corrected chi connectivity index (χ2v) is 7.53. The zero-order valence-electron chi connectivity index (χ0n) is 17.0. The first kappa shape index (κ1) is 21.0. The first-order valence-corrected chi connectivity index (χ1v) is 10.1. The summed E-state index contributed by atoms with van der Waals surface area (Å²) < 4.78 is 41.2. The van der Waals surface area contributed by atoms with Crippen LogP contribution in [0.15, 0.2) is 47.2 Å². The van der Waals surface area contributed by atoms with Gasteiger partial charge in [0, 0.05) is 24.6 Å². The number of benzene rings is 1. The number of carbonyl (C=O) groups is 1. The first-order chi connectivity index (χ1) is 15.0. The smallest absolute Gasteiger partial charge is 0.387 e. The maximum atomic E-state index is 12.7. The van der Waals surface area contributed by atoms with Gasteiger partial charge < -0.3 is 13.9 Å². The topological polar surface area (TPSA) is 74.5 Å². The molecule has 0 atom stereocenters. The molecule has 8 heteroatoms. The summed E-state index contributed by atoms with van der Waals surface area (Å²) in [6, 6.07) is 8.22. The van der Waals surface area contributed by atoms with Crippen molar-refractivity contribution in [2.24, 2.45) is 5.92 Å². The average molecular weight is 428 g/mol. The Morgan fingerprint density at radius 1 is 1.26 bits per heavy atom. The van der Waals surface area contributed by atoms with E-state index in [0.29, 0.717) is 41.8 Å². The van der Waals surface area contributed by atoms with E-state index < -0.39 is 6.61 Å². The minimum atomic E-state index is -2.94. The highest BCUT2D eigenvalue weighted by atomic mass is 19.3. The summed E-state index contributed by atoms with van der Waals surface area (Å²) in [5.41, 5.74) is 2.48. The van der Waals surface area contributed by atoms with Gasteiger partial charge in [-0.1, -0.05) is 6.07 Å². The number of nitrogens with zero attached hydrogens (tertiary/aromatic N) is 2. The van der Waals surface area contributed by atoms with Gasteiger partial charge in [0.1, 0.15) is 12.0 Å². The molecular formula is C23H22F2N2O4. The summed E-state index contributed by atoms with van der Waals surface area (Å²) in [6.07, 6.45) is 5.88. The molecule has 6 nitrogen and oxygen atoms in total. The summed E-state index contributed by atoms with van der Waals surface area (Å²) in [5, 5.41) is 0. The molecule has 2 aromatic heterocycles. The molecule has 1 aliphatic rings. The molecule has 1 saturated carbocycles. The second kappa shape index (κ2) is 9.24. The first-order valence-electron chi connectivity index (χ1n) is 10.1. The Kier molecular flexibility index (Phi) is 6.25. The molecule has 162 valence electrons. The van der Waals surface area contributed by atoms with Gasteiger partial charge in [-0.2, -0.15) is 8.78 Å². The minimum absolute atomic E-state index is 0.0255. The monoisotopic (exact) mass is 428 g/mol. The Hall–Kier alpha value is -3.29. The summed E-state index contributed by atoms with van der Waals surface area (Å²) in [6.45, 7) is -0.643. The fourth-order valence-electron chi connectivity index (χ4n) is 3.13. The highest BCUT2D eigenvalue weighted by Crippen LogP contribution is 2.36. The highest BCUT2D eigenvalue weighted by molar-refractivity contribution is 5.95. The number of pyridine rings is 1. The van der Waals surface area contributed by atoms with E-state index in [9.17, 15) is 13.6 Å². The predicted octanol–water partition coefficient (Wildman–Crippen LogP) is 5.25. The molecule has 1 aliphatic carbocycles. The molecule has 1 aromatic carbocycles. The Morgan fingerprint density at radius 2 is 2.10 bits per heavy atom. The normalized spacial score (nSPS) is 13.4. The number of hydrogen-bond donors (Lipinski definition) is 0. The molecule has 31 heavy (non-hydrogen) atoms. The van der Waals surface area contributed by atoms with Crippen LogP contribution in [0.1, 0.15) is 41.0 Å². The fourth-order valence-corrected chi connectivity index (χ4v) is 3.13. The van der Waals surface area contributed by atoms with Crippen molar-refractivity contribution in [3.63, 3.8) is 0 Å². The zero-order chi connectivity index (χ0) is 21.8. The third-order valence-corrected chi connectivity index (χ3v) is 5.01. The quantitative estimate of drug-likeness (QED) is 0.411. The number of aromatic nitrogens is 2. The largest absolute Gasteiger partial charge is 0.489 e. The molecule has 0 amide bonds. The SMILES string of the molecule is Cc1cccnc1C(=O)CCc1coc(-c2ccc(OC(F)F)c(OCC3CC3)c2)n1. The number of ketones is 1. The number of oxazole rings is 1. The van der Waals surface area contributed by atoms with Gasteiger partial charge in [0.05, 0.1) is 12.3 Å². The number of aryl methyl sites for hydroxylation is 2. The molecule has 1 fully saturated rings. The van der Waals surface area contributed by atoms with Gasteiger partial charge in [0.15, 0.2) is 17.3 Å². The number of ether oxygens (including phenoxy) is 2. The average Bonchev–Trinajstić information content (AvgIpc) is 3.46. The van der Waals surface area contributed by atoms with Crippen molar-refractivity contribution in [2.45, 2.75) is 39.2 Å². The summed E-state index contributed by atoms with van der Waals surface area (Å²) in [7, 11) is 0. The van der Waals surface area contributed by atoms with Crippen molar-refractivity contribution in [1.82, 2.24) is 9.97 Å². The Bertz CT molecular complexity index is 1060. The molecule has 0 radical (unpaired) electrons. The van der Waals surface area contributed by atoms with Crippen LogP contribution in [-0.4, -0.2) is 29.0 Å². The Labute approximate surface area is 178 Å². The molecule has 0 spiro atoms. The molecule has 0 aliphatic heterocycles. The van der Waals surface area contributed by atoms with Crippen LogP contribution in [0.3, 0.4) is 0 Å². The number of carbonyl (C=O) groups excluding carboxylic acids is 1. The van der Waals surface area contributed by atoms with Crippen LogP contribution < -0.4 is 9.47 Å². The number of Topliss-reactive ketones (excluding diaryl/α,β-unsaturated/α-hetero) is 1. The molecule has 3 aromatic rings. The molecule has 0 bridgehead atoms. The maximum absolute atomic E-state index is 12.7. The van der Waals surface area contributed by atoms with Gasteiger partial charge >= 0.3 is 6.61 Å². The fraction of sp³-hybridized carbons (Fsp3) is 0.348. The molecule has 4 rings (SSSR count). The standard InChI is InChI=1S/C23H22F2N2O4/c1-14-3-2-10-26-21(14)18(28)8-7-17-13-30-22(27-17)16-6-9-19(31-23(24)25)20(11-16)29-12-15-4-5-15/h2-3,6,9-11,13,15,23H,4-5,7-8,12H2,1H3. The van der Waals surface area contributed by atoms with E-state index in [4.69, 9.17) is 9.15 Å². The second-order valence-electron chi connectivity index (χ2n) is 7.53. The minimum Gasteiger partial charge on any atom is -0.489 e. The third kappa shape index (κ3) is 5.45. The molecule has 0 N–H and O–H groups in total. The number of hydrogen-bond acceptors (Lipinski definition) is 6. The Morgan fingerprint density at radius 3 is 2.84 bits per heavy atom. The van der Waals surface area contributed by atoms with Crippen molar-refractivity contribution >= 4 is 5.78 Å². The van der Waals surface area contributed by atoms with Gasteiger partial charge in [-0.15, -0.1) is 0 Å². The van der Waals surface area contributed by atoms with Crippen LogP contribution in [0, 0.1) is 12.8 Å². The van der Waals surface area contributed by atoms with E-state index in [1.54, 1.807) is 24.4 Å². The van der Waals surface area contributed by atoms with E-state index in [-0.39, 0.29) is 23.7 Å². The van der Waals surface area contributed by atoms with E-state index in [1.807, 2.05) is 13.0 Å². The maximum Gasteiger partial charge on any atom is 0.387 e. The third-order valence-electron chi connectivity index (χ3n) is 5.01. The van der Waals surface area contributed by atoms with Crippen LogP contribution in [0.4, 0.5) is 8.78 Å². The van der Waals surface area contributed by atoms with Crippen LogP contribution in [0.5, 0.6) is 11.5 Å². The lowest BCUT2D eigenvalue weighted by Crippen LogP contribution is -2.06. The lowest BCUT2D eigenvalue weighted by molar-refractivity contribution is -0.0515. The van der Waals surface area contributed by atoms with Crippen LogP contribution >= 0.6 is 0 Å². The lowest BCUT2D eigenvalue weighted by atomic mass is 10.1. The van der Waals surface area contributed by atoms with E-state index in [0.717, 1.165) is 18.4 Å². The van der Waals surface area contributed by atoms with Crippen molar-refractivity contribution in [1.29, 1.82) is 0 Å². The van der Waals surface area contributed by atoms with Gasteiger partial charge in [0.2, 0.25) is 5.89 Å². The van der Waals surface area contributed by atoms with E-state index in [1.165, 1.54) is 12.3 Å². The van der Waals surface area contributed by atoms with E-state index in [2.05, 4.69) is 14.7 Å². The van der Waals surface area contributed by atoms with Crippen molar-refractivity contribution in [2.75, 3.05) is 6.61 Å². The molecular weight excluding hydrogens is 406 g/mol. The lowest BCUT2D eigenvalue weighted by Gasteiger charge is -2.12. The van der Waals surface area contributed by atoms with Crippen molar-refractivity contribution in [3.8, 4) is 23.0 Å². The number of halogens is 2. The van der Waals surface area contributed by atoms with Crippen molar-refractivity contribution in [3.05, 3.63) is 59.7 Å². The summed E-state index contributed by atoms with van der Waals surface area (Å²) in [4.78, 5) is 21.0. The van der Waals surface area contributed by atoms with E-state index >= 15 is 0 Å². The van der Waals surface area contributed by atoms with Gasteiger partial charge in [0.25, 0.3) is 0 Å². The number of alkyl halides is 2. The van der Waals surface area contributed by atoms with Gasteiger partial charge in [-0.3, -0.25) is 9.78 Å². The highest BCUT2D eigenvalue weighted by Gasteiger charge is 2.23. The van der Waals surface area contributed by atoms with Crippen molar-refractivity contribution < 1.29 is 27.5 Å². The van der Waals surface area contributed by atoms with Gasteiger partial charge in [-0.05, 0) is 55.5 Å². The molecule has 0 saturated heterocycles. The van der Waals surface area contributed by atoms with Gasteiger partial charge in [-0.25, -0.2) is 4.98 Å². The summed E-state index contributed by atoms with van der Waals surface area (Å²) >= 11 is 0. The number of rotatable bonds is 10. The zero-order valence-corrected chi connectivity index (χ0v) is 17.0. The van der Waals surface area contributed by atoms with Crippen LogP contribution in [0.25, 0.3) is 11.5 Å².